The Bertz CT molecular complexity index is 959. The molecule has 0 spiro atoms. The molecule has 178 valence electrons. The summed E-state index contributed by atoms with van der Waals surface area (Å²) in [7, 11) is 6.53. The fourth-order valence-corrected chi connectivity index (χ4v) is 3.39. The largest absolute Gasteiger partial charge is 0.497 e. The van der Waals surface area contributed by atoms with E-state index in [9.17, 15) is 5.11 Å². The number of benzene rings is 2. The monoisotopic (exact) mass is 452 g/mol. The van der Waals surface area contributed by atoms with E-state index in [1.165, 1.54) is 5.57 Å². The molecule has 1 unspecified atom stereocenters. The van der Waals surface area contributed by atoms with Gasteiger partial charge in [0.25, 0.3) is 0 Å². The van der Waals surface area contributed by atoms with Crippen LogP contribution in [-0.4, -0.2) is 33.5 Å². The maximum Gasteiger partial charge on any atom is 0.129 e. The molecule has 0 aromatic heterocycles. The third kappa shape index (κ3) is 8.35. The number of unbranched alkanes of at least 4 members (excludes halogenated alkanes) is 1. The van der Waals surface area contributed by atoms with Crippen LogP contribution in [0.15, 0.2) is 66.3 Å². The average Bonchev–Trinajstić information content (AvgIpc) is 2.86. The molecular weight excluding hydrogens is 416 g/mol. The molecule has 0 amide bonds. The maximum absolute atomic E-state index is 10.6. The van der Waals surface area contributed by atoms with Gasteiger partial charge in [0.15, 0.2) is 0 Å². The molecule has 0 saturated heterocycles. The van der Waals surface area contributed by atoms with Gasteiger partial charge in [0.1, 0.15) is 23.0 Å². The van der Waals surface area contributed by atoms with Crippen LogP contribution >= 0.6 is 0 Å². The minimum Gasteiger partial charge on any atom is -0.497 e. The number of rotatable bonds is 13. The third-order valence-electron chi connectivity index (χ3n) is 5.36. The van der Waals surface area contributed by atoms with Gasteiger partial charge in [0.2, 0.25) is 0 Å². The number of ether oxygens (including phenoxy) is 4. The van der Waals surface area contributed by atoms with Crippen LogP contribution in [0.3, 0.4) is 0 Å². The van der Waals surface area contributed by atoms with E-state index in [0.29, 0.717) is 17.9 Å². The van der Waals surface area contributed by atoms with E-state index >= 15 is 0 Å². The second kappa shape index (κ2) is 14.1. The first kappa shape index (κ1) is 26.1. The summed E-state index contributed by atoms with van der Waals surface area (Å²) >= 11 is 0. The van der Waals surface area contributed by atoms with Gasteiger partial charge in [-0.25, -0.2) is 0 Å². The lowest BCUT2D eigenvalue weighted by molar-refractivity contribution is 0.163. The normalized spacial score (nSPS) is 12.8. The highest BCUT2D eigenvalue weighted by Gasteiger charge is 2.14. The molecule has 33 heavy (non-hydrogen) atoms. The molecule has 0 radical (unpaired) electrons. The highest BCUT2D eigenvalue weighted by atomic mass is 16.5. The van der Waals surface area contributed by atoms with Crippen molar-refractivity contribution in [3.8, 4) is 23.0 Å². The molecule has 0 aliphatic carbocycles. The highest BCUT2D eigenvalue weighted by Crippen LogP contribution is 2.32. The molecule has 0 aliphatic rings. The molecule has 0 aliphatic heterocycles. The standard InChI is InChI=1S/C28H36O5/c1-21(13-17-26(29)25-19-23(30-2)16-18-27(25)32-4)11-9-7-6-8-10-12-22-14-15-24(31-3)20-28(22)33-5/h7,9-12,14-16,18-20,26,29H,6,8,13,17H2,1-5H3/b9-7+,12-10-,21-11+. The number of aliphatic hydroxyl groups is 1. The fraction of sp³-hybridized carbons (Fsp3) is 0.357. The Kier molecular flexibility index (Phi) is 11.1. The van der Waals surface area contributed by atoms with Gasteiger partial charge in [-0.3, -0.25) is 0 Å². The Morgan fingerprint density at radius 1 is 0.848 bits per heavy atom. The van der Waals surface area contributed by atoms with Crippen LogP contribution in [0.2, 0.25) is 0 Å². The van der Waals surface area contributed by atoms with Crippen LogP contribution in [0.5, 0.6) is 23.0 Å². The van der Waals surface area contributed by atoms with Crippen LogP contribution < -0.4 is 18.9 Å². The zero-order chi connectivity index (χ0) is 24.1. The predicted molar refractivity (Wildman–Crippen MR) is 134 cm³/mol. The van der Waals surface area contributed by atoms with Crippen molar-refractivity contribution in [3.05, 3.63) is 77.4 Å². The zero-order valence-corrected chi connectivity index (χ0v) is 20.3. The first-order valence-corrected chi connectivity index (χ1v) is 11.1. The average molecular weight is 453 g/mol. The molecule has 0 saturated carbocycles. The minimum absolute atomic E-state index is 0.609. The van der Waals surface area contributed by atoms with Gasteiger partial charge >= 0.3 is 0 Å². The van der Waals surface area contributed by atoms with Gasteiger partial charge in [-0.1, -0.05) is 36.0 Å². The lowest BCUT2D eigenvalue weighted by Gasteiger charge is -2.16. The number of hydrogen-bond donors (Lipinski definition) is 1. The molecule has 1 N–H and O–H groups in total. The molecule has 0 bridgehead atoms. The number of allylic oxidation sites excluding steroid dienone is 5. The van der Waals surface area contributed by atoms with Crippen molar-refractivity contribution in [2.45, 2.75) is 38.7 Å². The number of methoxy groups -OCH3 is 4. The van der Waals surface area contributed by atoms with Crippen molar-refractivity contribution >= 4 is 6.08 Å². The van der Waals surface area contributed by atoms with E-state index in [-0.39, 0.29) is 0 Å². The van der Waals surface area contributed by atoms with Crippen molar-refractivity contribution in [1.29, 1.82) is 0 Å². The van der Waals surface area contributed by atoms with Crippen molar-refractivity contribution in [1.82, 2.24) is 0 Å². The van der Waals surface area contributed by atoms with Gasteiger partial charge in [-0.2, -0.15) is 0 Å². The second-order valence-corrected chi connectivity index (χ2v) is 7.69. The van der Waals surface area contributed by atoms with Gasteiger partial charge in [-0.05, 0) is 62.9 Å². The molecule has 0 fully saturated rings. The van der Waals surface area contributed by atoms with E-state index in [1.807, 2.05) is 36.4 Å². The number of hydrogen-bond acceptors (Lipinski definition) is 5. The quantitative estimate of drug-likeness (QED) is 0.277. The minimum atomic E-state index is -0.609. The summed E-state index contributed by atoms with van der Waals surface area (Å²) in [4.78, 5) is 0. The van der Waals surface area contributed by atoms with Crippen molar-refractivity contribution < 1.29 is 24.1 Å². The molecule has 2 aromatic rings. The first-order chi connectivity index (χ1) is 16.0. The third-order valence-corrected chi connectivity index (χ3v) is 5.36. The fourth-order valence-electron chi connectivity index (χ4n) is 3.39. The summed E-state index contributed by atoms with van der Waals surface area (Å²) < 4.78 is 21.3. The van der Waals surface area contributed by atoms with E-state index in [0.717, 1.165) is 41.9 Å². The molecule has 2 aromatic carbocycles. The van der Waals surface area contributed by atoms with Gasteiger partial charge in [0, 0.05) is 17.2 Å². The summed E-state index contributed by atoms with van der Waals surface area (Å²) in [5, 5.41) is 10.6. The van der Waals surface area contributed by atoms with Crippen molar-refractivity contribution in [3.63, 3.8) is 0 Å². The Hall–Kier alpha value is -3.18. The molecule has 5 heteroatoms. The van der Waals surface area contributed by atoms with Crippen LogP contribution in [0.4, 0.5) is 0 Å². The van der Waals surface area contributed by atoms with Crippen LogP contribution in [-0.2, 0) is 0 Å². The molecule has 0 heterocycles. The molecule has 2 rings (SSSR count). The van der Waals surface area contributed by atoms with E-state index in [4.69, 9.17) is 18.9 Å². The summed E-state index contributed by atoms with van der Waals surface area (Å²) in [5.74, 6) is 2.96. The Labute approximate surface area is 198 Å². The van der Waals surface area contributed by atoms with Gasteiger partial charge < -0.3 is 24.1 Å². The lowest BCUT2D eigenvalue weighted by atomic mass is 10.0. The summed E-state index contributed by atoms with van der Waals surface area (Å²) in [5.41, 5.74) is 3.00. The van der Waals surface area contributed by atoms with Gasteiger partial charge in [-0.15, -0.1) is 0 Å². The van der Waals surface area contributed by atoms with E-state index < -0.39 is 6.10 Å². The summed E-state index contributed by atoms with van der Waals surface area (Å²) in [6.07, 6.45) is 13.2. The lowest BCUT2D eigenvalue weighted by Crippen LogP contribution is -2.01. The van der Waals surface area contributed by atoms with Crippen molar-refractivity contribution in [2.75, 3.05) is 28.4 Å². The Morgan fingerprint density at radius 2 is 1.52 bits per heavy atom. The van der Waals surface area contributed by atoms with Crippen LogP contribution in [0.1, 0.15) is 49.8 Å². The molecular formula is C28H36O5. The topological polar surface area (TPSA) is 57.2 Å². The smallest absolute Gasteiger partial charge is 0.129 e. The maximum atomic E-state index is 10.6. The number of aliphatic hydroxyl groups excluding tert-OH is 1. The summed E-state index contributed by atoms with van der Waals surface area (Å²) in [6.45, 7) is 2.08. The van der Waals surface area contributed by atoms with Crippen LogP contribution in [0.25, 0.3) is 6.08 Å². The Balaban J connectivity index is 1.80. The SMILES string of the molecule is COc1ccc(/C=C\CC/C=C/C=C(\C)CCC(O)c2cc(OC)ccc2OC)c(OC)c1. The zero-order valence-electron chi connectivity index (χ0n) is 20.3. The van der Waals surface area contributed by atoms with Crippen LogP contribution in [0, 0.1) is 0 Å². The second-order valence-electron chi connectivity index (χ2n) is 7.69. The van der Waals surface area contributed by atoms with E-state index in [2.05, 4.69) is 37.3 Å². The Morgan fingerprint density at radius 3 is 2.21 bits per heavy atom. The van der Waals surface area contributed by atoms with Crippen molar-refractivity contribution in [2.24, 2.45) is 0 Å². The first-order valence-electron chi connectivity index (χ1n) is 11.1. The summed E-state index contributed by atoms with van der Waals surface area (Å²) in [6, 6.07) is 11.3. The molecule has 5 nitrogen and oxygen atoms in total. The van der Waals surface area contributed by atoms with E-state index in [1.54, 1.807) is 28.4 Å². The highest BCUT2D eigenvalue weighted by molar-refractivity contribution is 5.59. The predicted octanol–water partition coefficient (Wildman–Crippen LogP) is 6.53. The van der Waals surface area contributed by atoms with Gasteiger partial charge in [0.05, 0.1) is 34.5 Å². The molecule has 1 atom stereocenters.